The number of anilines is 1. The summed E-state index contributed by atoms with van der Waals surface area (Å²) >= 11 is 1.10. The Labute approximate surface area is 179 Å². The molecule has 0 radical (unpaired) electrons. The Kier molecular flexibility index (Phi) is 5.94. The number of amides is 2. The van der Waals surface area contributed by atoms with E-state index in [1.807, 2.05) is 32.0 Å². The van der Waals surface area contributed by atoms with Gasteiger partial charge in [0.15, 0.2) is 11.7 Å². The van der Waals surface area contributed by atoms with E-state index in [1.165, 1.54) is 11.2 Å². The number of carbonyl (C=O) groups is 2. The Hall–Kier alpha value is -3.00. The SMILES string of the molecule is Cc1cccc(N(C(=O)c2csnn2)[C@@H](C(=O)NC2CCCC2)c2ccco2)c1C. The molecule has 156 valence electrons. The van der Waals surface area contributed by atoms with Gasteiger partial charge in [-0.05, 0) is 67.5 Å². The third-order valence-corrected chi connectivity index (χ3v) is 6.16. The van der Waals surface area contributed by atoms with Crippen LogP contribution in [0.2, 0.25) is 0 Å². The van der Waals surface area contributed by atoms with Crippen molar-refractivity contribution in [3.05, 3.63) is 64.6 Å². The minimum Gasteiger partial charge on any atom is -0.467 e. The van der Waals surface area contributed by atoms with Gasteiger partial charge in [-0.2, -0.15) is 0 Å². The normalized spacial score (nSPS) is 15.1. The molecule has 0 aliphatic heterocycles. The van der Waals surface area contributed by atoms with Crippen LogP contribution in [-0.2, 0) is 4.79 Å². The number of hydrogen-bond donors (Lipinski definition) is 1. The van der Waals surface area contributed by atoms with Gasteiger partial charge in [0.2, 0.25) is 0 Å². The maximum Gasteiger partial charge on any atom is 0.280 e. The number of carbonyl (C=O) groups excluding carboxylic acids is 2. The lowest BCUT2D eigenvalue weighted by atomic mass is 10.0. The predicted molar refractivity (Wildman–Crippen MR) is 114 cm³/mol. The summed E-state index contributed by atoms with van der Waals surface area (Å²) < 4.78 is 9.46. The van der Waals surface area contributed by atoms with Gasteiger partial charge >= 0.3 is 0 Å². The van der Waals surface area contributed by atoms with Gasteiger partial charge in [-0.15, -0.1) is 5.10 Å². The number of furan rings is 1. The van der Waals surface area contributed by atoms with Crippen molar-refractivity contribution in [3.63, 3.8) is 0 Å². The number of rotatable bonds is 6. The molecule has 1 aliphatic carbocycles. The molecule has 0 spiro atoms. The van der Waals surface area contributed by atoms with E-state index in [9.17, 15) is 9.59 Å². The highest BCUT2D eigenvalue weighted by molar-refractivity contribution is 7.03. The van der Waals surface area contributed by atoms with Crippen molar-refractivity contribution in [2.75, 3.05) is 4.90 Å². The van der Waals surface area contributed by atoms with E-state index in [0.29, 0.717) is 11.4 Å². The van der Waals surface area contributed by atoms with Crippen LogP contribution >= 0.6 is 11.5 Å². The van der Waals surface area contributed by atoms with Crippen molar-refractivity contribution >= 4 is 29.0 Å². The van der Waals surface area contributed by atoms with Gasteiger partial charge < -0.3 is 9.73 Å². The summed E-state index contributed by atoms with van der Waals surface area (Å²) in [4.78, 5) is 28.5. The van der Waals surface area contributed by atoms with Crippen molar-refractivity contribution in [1.82, 2.24) is 14.9 Å². The first-order valence-corrected chi connectivity index (χ1v) is 10.9. The molecule has 1 N–H and O–H groups in total. The van der Waals surface area contributed by atoms with Gasteiger partial charge in [0.1, 0.15) is 5.76 Å². The minimum atomic E-state index is -0.949. The van der Waals surface area contributed by atoms with Crippen molar-refractivity contribution in [1.29, 1.82) is 0 Å². The number of aryl methyl sites for hydroxylation is 1. The standard InChI is InChI=1S/C22H24N4O3S/c1-14-7-5-10-18(15(14)2)26(22(28)17-13-30-25-24-17)20(19-11-6-12-29-19)21(27)23-16-8-3-4-9-16/h5-7,10-13,16,20H,3-4,8-9H2,1-2H3,(H,23,27)/t20-/m1/s1. The average molecular weight is 425 g/mol. The molecule has 8 heteroatoms. The second-order valence-corrected chi connectivity index (χ2v) is 8.20. The third kappa shape index (κ3) is 4.00. The van der Waals surface area contributed by atoms with Gasteiger partial charge in [0.25, 0.3) is 11.8 Å². The first-order valence-electron chi connectivity index (χ1n) is 10.1. The molecule has 1 fully saturated rings. The number of nitrogens with one attached hydrogen (secondary N) is 1. The molecular formula is C22H24N4O3S. The van der Waals surface area contributed by atoms with Crippen molar-refractivity contribution in [3.8, 4) is 0 Å². The van der Waals surface area contributed by atoms with E-state index in [4.69, 9.17) is 4.42 Å². The van der Waals surface area contributed by atoms with Crippen LogP contribution in [0.3, 0.4) is 0 Å². The van der Waals surface area contributed by atoms with Gasteiger partial charge in [-0.25, -0.2) is 0 Å². The molecule has 1 aromatic carbocycles. The molecule has 4 rings (SSSR count). The smallest absolute Gasteiger partial charge is 0.280 e. The molecule has 0 saturated heterocycles. The molecule has 30 heavy (non-hydrogen) atoms. The summed E-state index contributed by atoms with van der Waals surface area (Å²) in [5.74, 6) is -0.238. The van der Waals surface area contributed by atoms with E-state index in [0.717, 1.165) is 48.3 Å². The zero-order valence-corrected chi connectivity index (χ0v) is 17.8. The lowest BCUT2D eigenvalue weighted by Crippen LogP contribution is -2.46. The number of hydrogen-bond acceptors (Lipinski definition) is 6. The zero-order valence-electron chi connectivity index (χ0n) is 17.0. The number of nitrogens with zero attached hydrogens (tertiary/aromatic N) is 3. The molecule has 3 aromatic rings. The van der Waals surface area contributed by atoms with Gasteiger partial charge in [-0.3, -0.25) is 14.5 Å². The molecule has 0 bridgehead atoms. The number of aromatic nitrogens is 2. The summed E-state index contributed by atoms with van der Waals surface area (Å²) in [7, 11) is 0. The van der Waals surface area contributed by atoms with Crippen LogP contribution in [0.1, 0.15) is 59.1 Å². The van der Waals surface area contributed by atoms with Gasteiger partial charge in [0, 0.05) is 17.1 Å². The fourth-order valence-electron chi connectivity index (χ4n) is 3.91. The zero-order chi connectivity index (χ0) is 21.1. The highest BCUT2D eigenvalue weighted by Gasteiger charge is 2.38. The van der Waals surface area contributed by atoms with Crippen LogP contribution in [0, 0.1) is 13.8 Å². The van der Waals surface area contributed by atoms with Gasteiger partial charge in [0.05, 0.1) is 6.26 Å². The molecule has 1 atom stereocenters. The summed E-state index contributed by atoms with van der Waals surface area (Å²) in [6.07, 6.45) is 5.61. The quantitative estimate of drug-likeness (QED) is 0.641. The Balaban J connectivity index is 1.81. The molecule has 2 heterocycles. The minimum absolute atomic E-state index is 0.117. The third-order valence-electron chi connectivity index (χ3n) is 5.65. The predicted octanol–water partition coefficient (Wildman–Crippen LogP) is 4.19. The van der Waals surface area contributed by atoms with Crippen LogP contribution in [-0.4, -0.2) is 27.4 Å². The first kappa shape index (κ1) is 20.3. The second kappa shape index (κ2) is 8.79. The molecule has 1 aliphatic rings. The van der Waals surface area contributed by atoms with Crippen molar-refractivity contribution in [2.24, 2.45) is 0 Å². The first-order chi connectivity index (χ1) is 14.6. The summed E-state index contributed by atoms with van der Waals surface area (Å²) in [5, 5.41) is 8.67. The monoisotopic (exact) mass is 424 g/mol. The Morgan fingerprint density at radius 2 is 2.00 bits per heavy atom. The van der Waals surface area contributed by atoms with Crippen molar-refractivity contribution in [2.45, 2.75) is 51.6 Å². The van der Waals surface area contributed by atoms with E-state index < -0.39 is 6.04 Å². The maximum atomic E-state index is 13.6. The van der Waals surface area contributed by atoms with Crippen LogP contribution in [0.15, 0.2) is 46.4 Å². The van der Waals surface area contributed by atoms with Crippen LogP contribution in [0.4, 0.5) is 5.69 Å². The maximum absolute atomic E-state index is 13.6. The summed E-state index contributed by atoms with van der Waals surface area (Å²) in [6, 6.07) is 8.32. The van der Waals surface area contributed by atoms with Crippen LogP contribution < -0.4 is 10.2 Å². The van der Waals surface area contributed by atoms with E-state index in [2.05, 4.69) is 14.9 Å². The topological polar surface area (TPSA) is 88.3 Å². The lowest BCUT2D eigenvalue weighted by molar-refractivity contribution is -0.123. The van der Waals surface area contributed by atoms with E-state index >= 15 is 0 Å². The second-order valence-electron chi connectivity index (χ2n) is 7.59. The largest absolute Gasteiger partial charge is 0.467 e. The molecule has 2 amide bonds. The van der Waals surface area contributed by atoms with Gasteiger partial charge in [-0.1, -0.05) is 29.5 Å². The number of benzene rings is 1. The Morgan fingerprint density at radius 3 is 2.67 bits per heavy atom. The van der Waals surface area contributed by atoms with E-state index in [1.54, 1.807) is 17.5 Å². The summed E-state index contributed by atoms with van der Waals surface area (Å²) in [5.41, 5.74) is 2.79. The average Bonchev–Trinajstić information content (AvgIpc) is 3.51. The fraction of sp³-hybridized carbons (Fsp3) is 0.364. The Morgan fingerprint density at radius 1 is 1.20 bits per heavy atom. The molecule has 1 saturated carbocycles. The highest BCUT2D eigenvalue weighted by Crippen LogP contribution is 2.33. The van der Waals surface area contributed by atoms with Crippen LogP contribution in [0.25, 0.3) is 0 Å². The molecular weight excluding hydrogens is 400 g/mol. The van der Waals surface area contributed by atoms with Crippen molar-refractivity contribution < 1.29 is 14.0 Å². The lowest BCUT2D eigenvalue weighted by Gasteiger charge is -2.31. The highest BCUT2D eigenvalue weighted by atomic mass is 32.1. The molecule has 7 nitrogen and oxygen atoms in total. The molecule has 0 unspecified atom stereocenters. The van der Waals surface area contributed by atoms with Crippen LogP contribution in [0.5, 0.6) is 0 Å². The van der Waals surface area contributed by atoms with E-state index in [-0.39, 0.29) is 23.6 Å². The summed E-state index contributed by atoms with van der Waals surface area (Å²) in [6.45, 7) is 3.92. The Bertz CT molecular complexity index is 1010. The fourth-order valence-corrected chi connectivity index (χ4v) is 4.34. The molecule has 2 aromatic heterocycles.